The van der Waals surface area contributed by atoms with Crippen LogP contribution in [-0.4, -0.2) is 49.9 Å². The number of hydrogen-bond donors (Lipinski definition) is 1. The zero-order chi connectivity index (χ0) is 20.9. The molecule has 1 aliphatic rings. The number of halogens is 3. The number of carbonyl (C=O) groups is 2. The Labute approximate surface area is 162 Å². The maximum atomic E-state index is 12.6. The van der Waals surface area contributed by atoms with Crippen LogP contribution in [0.4, 0.5) is 18.0 Å². The van der Waals surface area contributed by atoms with Crippen molar-refractivity contribution >= 4 is 12.0 Å². The van der Waals surface area contributed by atoms with Gasteiger partial charge in [-0.3, -0.25) is 4.79 Å². The number of piperidine rings is 1. The largest absolute Gasteiger partial charge is 0.496 e. The standard InChI is InChI=1S/C19H25F3N2O4/c1-12-4-5-16(27-3)15(10-12)13(2)23-17(25)14-6-8-24(9-7-14)18(26)28-11-19(20,21)22/h4-5,10,13-14H,6-9,11H2,1-3H3,(H,23,25). The van der Waals surface area contributed by atoms with Gasteiger partial charge in [0.25, 0.3) is 0 Å². The monoisotopic (exact) mass is 402 g/mol. The first kappa shape index (κ1) is 21.8. The molecule has 1 aliphatic heterocycles. The summed E-state index contributed by atoms with van der Waals surface area (Å²) in [5.74, 6) is 0.213. The minimum Gasteiger partial charge on any atom is -0.496 e. The third kappa shape index (κ3) is 6.03. The van der Waals surface area contributed by atoms with Crippen LogP contribution in [0, 0.1) is 12.8 Å². The van der Waals surface area contributed by atoms with Crippen LogP contribution in [0.2, 0.25) is 0 Å². The summed E-state index contributed by atoms with van der Waals surface area (Å²) in [6.07, 6.45) is -4.83. The van der Waals surface area contributed by atoms with Crippen molar-refractivity contribution in [2.75, 3.05) is 26.8 Å². The molecule has 0 aliphatic carbocycles. The number of carbonyl (C=O) groups excluding carboxylic acids is 2. The van der Waals surface area contributed by atoms with Crippen molar-refractivity contribution in [3.63, 3.8) is 0 Å². The molecule has 1 saturated heterocycles. The van der Waals surface area contributed by atoms with E-state index < -0.39 is 18.9 Å². The highest BCUT2D eigenvalue weighted by molar-refractivity contribution is 5.79. The topological polar surface area (TPSA) is 67.9 Å². The molecule has 0 radical (unpaired) electrons. The highest BCUT2D eigenvalue weighted by atomic mass is 19.4. The van der Waals surface area contributed by atoms with Crippen LogP contribution in [0.15, 0.2) is 18.2 Å². The van der Waals surface area contributed by atoms with Crippen molar-refractivity contribution in [2.24, 2.45) is 5.92 Å². The molecular weight excluding hydrogens is 377 g/mol. The van der Waals surface area contributed by atoms with E-state index in [1.54, 1.807) is 7.11 Å². The van der Waals surface area contributed by atoms with Gasteiger partial charge >= 0.3 is 12.3 Å². The van der Waals surface area contributed by atoms with Crippen LogP contribution < -0.4 is 10.1 Å². The van der Waals surface area contributed by atoms with Gasteiger partial charge in [-0.1, -0.05) is 17.7 Å². The Morgan fingerprint density at radius 1 is 1.29 bits per heavy atom. The van der Waals surface area contributed by atoms with Gasteiger partial charge in [0.2, 0.25) is 5.91 Å². The molecular formula is C19H25F3N2O4. The van der Waals surface area contributed by atoms with Gasteiger partial charge in [0.15, 0.2) is 6.61 Å². The summed E-state index contributed by atoms with van der Waals surface area (Å²) in [6, 6.07) is 5.45. The number of rotatable bonds is 5. The molecule has 1 atom stereocenters. The van der Waals surface area contributed by atoms with E-state index in [0.717, 1.165) is 11.1 Å². The molecule has 28 heavy (non-hydrogen) atoms. The molecule has 2 amide bonds. The maximum absolute atomic E-state index is 12.6. The van der Waals surface area contributed by atoms with E-state index in [4.69, 9.17) is 4.74 Å². The predicted octanol–water partition coefficient (Wildman–Crippen LogP) is 3.59. The number of alkyl halides is 3. The van der Waals surface area contributed by atoms with E-state index in [-0.39, 0.29) is 31.0 Å². The number of methoxy groups -OCH3 is 1. The van der Waals surface area contributed by atoms with Crippen molar-refractivity contribution in [1.82, 2.24) is 10.2 Å². The zero-order valence-corrected chi connectivity index (χ0v) is 16.1. The Morgan fingerprint density at radius 2 is 1.93 bits per heavy atom. The van der Waals surface area contributed by atoms with E-state index in [0.29, 0.717) is 18.6 Å². The van der Waals surface area contributed by atoms with Gasteiger partial charge in [0.05, 0.1) is 13.2 Å². The van der Waals surface area contributed by atoms with Crippen LogP contribution in [-0.2, 0) is 9.53 Å². The average Bonchev–Trinajstić information content (AvgIpc) is 2.65. The van der Waals surface area contributed by atoms with Crippen molar-refractivity contribution < 1.29 is 32.2 Å². The number of benzene rings is 1. The molecule has 1 aromatic rings. The van der Waals surface area contributed by atoms with E-state index >= 15 is 0 Å². The minimum absolute atomic E-state index is 0.153. The molecule has 0 spiro atoms. The first-order valence-corrected chi connectivity index (χ1v) is 9.04. The minimum atomic E-state index is -4.55. The van der Waals surface area contributed by atoms with Gasteiger partial charge in [-0.05, 0) is 32.8 Å². The molecule has 1 aromatic carbocycles. The molecule has 1 fully saturated rings. The summed E-state index contributed by atoms with van der Waals surface area (Å²) in [5, 5.41) is 2.95. The SMILES string of the molecule is COc1ccc(C)cc1C(C)NC(=O)C1CCN(C(=O)OCC(F)(F)F)CC1. The number of nitrogens with zero attached hydrogens (tertiary/aromatic N) is 1. The Hall–Kier alpha value is -2.45. The van der Waals surface area contributed by atoms with E-state index in [9.17, 15) is 22.8 Å². The Kier molecular flexibility index (Phi) is 7.15. The molecule has 1 unspecified atom stereocenters. The lowest BCUT2D eigenvalue weighted by atomic mass is 9.95. The zero-order valence-electron chi connectivity index (χ0n) is 16.1. The summed E-state index contributed by atoms with van der Waals surface area (Å²) in [5.41, 5.74) is 1.91. The summed E-state index contributed by atoms with van der Waals surface area (Å²) >= 11 is 0. The number of hydrogen-bond acceptors (Lipinski definition) is 4. The van der Waals surface area contributed by atoms with E-state index in [1.165, 1.54) is 4.90 Å². The second-order valence-corrected chi connectivity index (χ2v) is 6.91. The van der Waals surface area contributed by atoms with Crippen LogP contribution >= 0.6 is 0 Å². The van der Waals surface area contributed by atoms with Crippen molar-refractivity contribution in [3.05, 3.63) is 29.3 Å². The second-order valence-electron chi connectivity index (χ2n) is 6.91. The Balaban J connectivity index is 1.87. The summed E-state index contributed by atoms with van der Waals surface area (Å²) < 4.78 is 46.0. The Morgan fingerprint density at radius 3 is 2.50 bits per heavy atom. The number of amides is 2. The van der Waals surface area contributed by atoms with Gasteiger partial charge in [-0.2, -0.15) is 13.2 Å². The highest BCUT2D eigenvalue weighted by Crippen LogP contribution is 2.27. The van der Waals surface area contributed by atoms with Crippen LogP contribution in [0.1, 0.15) is 36.9 Å². The lowest BCUT2D eigenvalue weighted by Gasteiger charge is -2.31. The van der Waals surface area contributed by atoms with Crippen LogP contribution in [0.3, 0.4) is 0 Å². The second kappa shape index (κ2) is 9.16. The van der Waals surface area contributed by atoms with Gasteiger partial charge in [0.1, 0.15) is 5.75 Å². The highest BCUT2D eigenvalue weighted by Gasteiger charge is 2.33. The number of ether oxygens (including phenoxy) is 2. The number of likely N-dealkylation sites (tertiary alicyclic amines) is 1. The summed E-state index contributed by atoms with van der Waals surface area (Å²) in [6.45, 7) is 2.56. The van der Waals surface area contributed by atoms with Crippen LogP contribution in [0.25, 0.3) is 0 Å². The Bertz CT molecular complexity index is 701. The number of aryl methyl sites for hydroxylation is 1. The first-order valence-electron chi connectivity index (χ1n) is 9.04. The molecule has 0 saturated carbocycles. The van der Waals surface area contributed by atoms with Crippen molar-refractivity contribution in [2.45, 2.75) is 38.9 Å². The fourth-order valence-corrected chi connectivity index (χ4v) is 3.16. The molecule has 9 heteroatoms. The third-order valence-electron chi connectivity index (χ3n) is 4.69. The lowest BCUT2D eigenvalue weighted by Crippen LogP contribution is -2.44. The molecule has 2 rings (SSSR count). The van der Waals surface area contributed by atoms with Crippen molar-refractivity contribution in [1.29, 1.82) is 0 Å². The van der Waals surface area contributed by atoms with Gasteiger partial charge < -0.3 is 19.7 Å². The molecule has 1 heterocycles. The molecule has 1 N–H and O–H groups in total. The van der Waals surface area contributed by atoms with Crippen LogP contribution in [0.5, 0.6) is 5.75 Å². The maximum Gasteiger partial charge on any atom is 0.422 e. The average molecular weight is 402 g/mol. The molecule has 6 nitrogen and oxygen atoms in total. The summed E-state index contributed by atoms with van der Waals surface area (Å²) in [4.78, 5) is 25.4. The first-order chi connectivity index (χ1) is 13.1. The third-order valence-corrected chi connectivity index (χ3v) is 4.69. The van der Waals surface area contributed by atoms with E-state index in [1.807, 2.05) is 32.0 Å². The lowest BCUT2D eigenvalue weighted by molar-refractivity contribution is -0.162. The smallest absolute Gasteiger partial charge is 0.422 e. The molecule has 0 bridgehead atoms. The van der Waals surface area contributed by atoms with E-state index in [2.05, 4.69) is 10.1 Å². The predicted molar refractivity (Wildman–Crippen MR) is 96.0 cm³/mol. The summed E-state index contributed by atoms with van der Waals surface area (Å²) in [7, 11) is 1.57. The normalized spacial score (nSPS) is 16.4. The van der Waals surface area contributed by atoms with Gasteiger partial charge in [-0.15, -0.1) is 0 Å². The molecule has 156 valence electrons. The quantitative estimate of drug-likeness (QED) is 0.817. The van der Waals surface area contributed by atoms with Gasteiger partial charge in [0, 0.05) is 24.6 Å². The number of nitrogens with one attached hydrogen (secondary N) is 1. The van der Waals surface area contributed by atoms with Crippen molar-refractivity contribution in [3.8, 4) is 5.75 Å². The van der Waals surface area contributed by atoms with Gasteiger partial charge in [-0.25, -0.2) is 4.79 Å². The fraction of sp³-hybridized carbons (Fsp3) is 0.579. The fourth-order valence-electron chi connectivity index (χ4n) is 3.16. The molecule has 0 aromatic heterocycles.